The number of aliphatic hydroxyl groups excluding tert-OH is 1. The summed E-state index contributed by atoms with van der Waals surface area (Å²) in [6.07, 6.45) is 2.29. The van der Waals surface area contributed by atoms with E-state index in [4.69, 9.17) is 5.11 Å². The van der Waals surface area contributed by atoms with Gasteiger partial charge in [-0.1, -0.05) is 18.2 Å². The maximum atomic E-state index is 9.17. The van der Waals surface area contributed by atoms with Gasteiger partial charge >= 0.3 is 0 Å². The standard InChI is InChI=1S/C14H20N2O.ClH/c17-10-11-5-7-16(8-11)9-13-3-1-2-12-4-6-15-14(12)13;/h1-3,11,15,17H,4-10H2;1H/t11-;/m1./s1. The highest BCUT2D eigenvalue weighted by molar-refractivity contribution is 5.85. The van der Waals surface area contributed by atoms with Crippen molar-refractivity contribution >= 4 is 18.1 Å². The summed E-state index contributed by atoms with van der Waals surface area (Å²) < 4.78 is 0. The van der Waals surface area contributed by atoms with Gasteiger partial charge in [0.1, 0.15) is 0 Å². The Hall–Kier alpha value is -0.770. The number of halogens is 1. The van der Waals surface area contributed by atoms with E-state index in [9.17, 15) is 0 Å². The predicted octanol–water partition coefficient (Wildman–Crippen LogP) is 1.89. The highest BCUT2D eigenvalue weighted by atomic mass is 35.5. The van der Waals surface area contributed by atoms with Gasteiger partial charge in [0.15, 0.2) is 0 Å². The Balaban J connectivity index is 0.00000120. The van der Waals surface area contributed by atoms with Gasteiger partial charge in [-0.3, -0.25) is 4.90 Å². The van der Waals surface area contributed by atoms with Crippen LogP contribution in [0.2, 0.25) is 0 Å². The molecule has 0 aliphatic carbocycles. The van der Waals surface area contributed by atoms with E-state index in [2.05, 4.69) is 28.4 Å². The van der Waals surface area contributed by atoms with Crippen molar-refractivity contribution in [2.75, 3.05) is 31.6 Å². The molecular formula is C14H21ClN2O. The second-order valence-electron chi connectivity index (χ2n) is 5.20. The van der Waals surface area contributed by atoms with Crippen LogP contribution in [0.1, 0.15) is 17.5 Å². The zero-order valence-corrected chi connectivity index (χ0v) is 11.4. The monoisotopic (exact) mass is 268 g/mol. The number of benzene rings is 1. The van der Waals surface area contributed by atoms with E-state index < -0.39 is 0 Å². The van der Waals surface area contributed by atoms with Crippen LogP contribution in [-0.4, -0.2) is 36.2 Å². The molecule has 4 heteroatoms. The van der Waals surface area contributed by atoms with Crippen LogP contribution in [0, 0.1) is 5.92 Å². The number of para-hydroxylation sites is 1. The zero-order chi connectivity index (χ0) is 11.7. The van der Waals surface area contributed by atoms with Gasteiger partial charge in [-0.05, 0) is 36.4 Å². The lowest BCUT2D eigenvalue weighted by Gasteiger charge is -2.18. The molecule has 1 aromatic rings. The smallest absolute Gasteiger partial charge is 0.0471 e. The Morgan fingerprint density at radius 1 is 1.39 bits per heavy atom. The number of rotatable bonds is 3. The van der Waals surface area contributed by atoms with Gasteiger partial charge in [0.25, 0.3) is 0 Å². The average Bonchev–Trinajstić information content (AvgIpc) is 2.97. The van der Waals surface area contributed by atoms with Gasteiger partial charge in [-0.2, -0.15) is 0 Å². The van der Waals surface area contributed by atoms with E-state index >= 15 is 0 Å². The lowest BCUT2D eigenvalue weighted by molar-refractivity contribution is 0.220. The molecule has 0 unspecified atom stereocenters. The molecule has 0 aromatic heterocycles. The van der Waals surface area contributed by atoms with Crippen molar-refractivity contribution in [3.8, 4) is 0 Å². The summed E-state index contributed by atoms with van der Waals surface area (Å²) in [6.45, 7) is 4.59. The third kappa shape index (κ3) is 2.63. The SMILES string of the molecule is Cl.OC[C@@H]1CCN(Cc2cccc3c2NCC3)C1. The minimum Gasteiger partial charge on any atom is -0.396 e. The molecule has 0 bridgehead atoms. The van der Waals surface area contributed by atoms with E-state index in [1.165, 1.54) is 16.8 Å². The fraction of sp³-hybridized carbons (Fsp3) is 0.571. The molecule has 3 nitrogen and oxygen atoms in total. The lowest BCUT2D eigenvalue weighted by Crippen LogP contribution is -2.21. The molecule has 100 valence electrons. The van der Waals surface area contributed by atoms with Crippen LogP contribution in [0.15, 0.2) is 18.2 Å². The summed E-state index contributed by atoms with van der Waals surface area (Å²) in [5, 5.41) is 12.7. The maximum absolute atomic E-state index is 9.17. The van der Waals surface area contributed by atoms with Gasteiger partial charge in [-0.15, -0.1) is 12.4 Å². The molecule has 1 aromatic carbocycles. The van der Waals surface area contributed by atoms with E-state index in [1.54, 1.807) is 0 Å². The molecule has 2 aliphatic heterocycles. The van der Waals surface area contributed by atoms with Crippen LogP contribution >= 0.6 is 12.4 Å². The third-order valence-electron chi connectivity index (χ3n) is 3.96. The van der Waals surface area contributed by atoms with E-state index in [-0.39, 0.29) is 12.4 Å². The second kappa shape index (κ2) is 5.91. The number of likely N-dealkylation sites (tertiary alicyclic amines) is 1. The molecule has 0 spiro atoms. The molecular weight excluding hydrogens is 248 g/mol. The number of nitrogens with one attached hydrogen (secondary N) is 1. The fourth-order valence-corrected chi connectivity index (χ4v) is 2.99. The normalized spacial score (nSPS) is 22.4. The minimum absolute atomic E-state index is 0. The molecule has 3 rings (SSSR count). The summed E-state index contributed by atoms with van der Waals surface area (Å²) in [7, 11) is 0. The number of hydrogen-bond acceptors (Lipinski definition) is 3. The van der Waals surface area contributed by atoms with Crippen molar-refractivity contribution in [3.05, 3.63) is 29.3 Å². The van der Waals surface area contributed by atoms with Crippen molar-refractivity contribution in [3.63, 3.8) is 0 Å². The first-order chi connectivity index (χ1) is 8.36. The molecule has 1 atom stereocenters. The van der Waals surface area contributed by atoms with Crippen molar-refractivity contribution in [2.45, 2.75) is 19.4 Å². The maximum Gasteiger partial charge on any atom is 0.0471 e. The molecule has 18 heavy (non-hydrogen) atoms. The van der Waals surface area contributed by atoms with Crippen LogP contribution in [0.3, 0.4) is 0 Å². The number of aliphatic hydroxyl groups is 1. The molecule has 2 aliphatic rings. The van der Waals surface area contributed by atoms with Gasteiger partial charge in [0, 0.05) is 31.9 Å². The number of fused-ring (bicyclic) bond motifs is 1. The topological polar surface area (TPSA) is 35.5 Å². The second-order valence-corrected chi connectivity index (χ2v) is 5.20. The highest BCUT2D eigenvalue weighted by Crippen LogP contribution is 2.28. The van der Waals surface area contributed by atoms with Gasteiger partial charge in [-0.25, -0.2) is 0 Å². The Morgan fingerprint density at radius 2 is 2.28 bits per heavy atom. The summed E-state index contributed by atoms with van der Waals surface area (Å²) >= 11 is 0. The lowest BCUT2D eigenvalue weighted by atomic mass is 10.1. The summed E-state index contributed by atoms with van der Waals surface area (Å²) in [6, 6.07) is 6.61. The first-order valence-electron chi connectivity index (χ1n) is 6.54. The average molecular weight is 269 g/mol. The molecule has 1 fully saturated rings. The van der Waals surface area contributed by atoms with E-state index in [0.717, 1.165) is 39.0 Å². The Morgan fingerprint density at radius 3 is 3.06 bits per heavy atom. The summed E-state index contributed by atoms with van der Waals surface area (Å²) in [5.74, 6) is 0.486. The predicted molar refractivity (Wildman–Crippen MR) is 76.4 cm³/mol. The highest BCUT2D eigenvalue weighted by Gasteiger charge is 2.23. The molecule has 0 amide bonds. The summed E-state index contributed by atoms with van der Waals surface area (Å²) in [4.78, 5) is 2.45. The first kappa shape index (κ1) is 13.7. The van der Waals surface area contributed by atoms with Gasteiger partial charge < -0.3 is 10.4 Å². The number of anilines is 1. The zero-order valence-electron chi connectivity index (χ0n) is 10.6. The number of nitrogens with zero attached hydrogens (tertiary/aromatic N) is 1. The molecule has 1 saturated heterocycles. The van der Waals surface area contributed by atoms with Crippen molar-refractivity contribution in [2.24, 2.45) is 5.92 Å². The third-order valence-corrected chi connectivity index (χ3v) is 3.96. The quantitative estimate of drug-likeness (QED) is 0.879. The molecule has 2 N–H and O–H groups in total. The van der Waals surface area contributed by atoms with E-state index in [0.29, 0.717) is 12.5 Å². The van der Waals surface area contributed by atoms with Crippen LogP contribution in [0.25, 0.3) is 0 Å². The largest absolute Gasteiger partial charge is 0.396 e. The molecule has 0 radical (unpaired) electrons. The Bertz CT molecular complexity index is 411. The Kier molecular flexibility index (Phi) is 4.49. The molecule has 2 heterocycles. The van der Waals surface area contributed by atoms with Crippen LogP contribution in [0.5, 0.6) is 0 Å². The number of hydrogen-bond donors (Lipinski definition) is 2. The van der Waals surface area contributed by atoms with E-state index in [1.807, 2.05) is 0 Å². The van der Waals surface area contributed by atoms with Crippen LogP contribution < -0.4 is 5.32 Å². The minimum atomic E-state index is 0. The van der Waals surface area contributed by atoms with Crippen molar-refractivity contribution in [1.82, 2.24) is 4.90 Å². The summed E-state index contributed by atoms with van der Waals surface area (Å²) in [5.41, 5.74) is 4.24. The van der Waals surface area contributed by atoms with Gasteiger partial charge in [0.05, 0.1) is 0 Å². The Labute approximate surface area is 115 Å². The van der Waals surface area contributed by atoms with Gasteiger partial charge in [0.2, 0.25) is 0 Å². The van der Waals surface area contributed by atoms with Crippen molar-refractivity contribution < 1.29 is 5.11 Å². The van der Waals surface area contributed by atoms with Crippen LogP contribution in [0.4, 0.5) is 5.69 Å². The fourth-order valence-electron chi connectivity index (χ4n) is 2.99. The van der Waals surface area contributed by atoms with Crippen LogP contribution in [-0.2, 0) is 13.0 Å². The first-order valence-corrected chi connectivity index (χ1v) is 6.54. The molecule has 0 saturated carbocycles. The van der Waals surface area contributed by atoms with Crippen molar-refractivity contribution in [1.29, 1.82) is 0 Å².